The number of benzene rings is 1. The summed E-state index contributed by atoms with van der Waals surface area (Å²) >= 11 is 7.48. The summed E-state index contributed by atoms with van der Waals surface area (Å²) in [7, 11) is 0. The van der Waals surface area contributed by atoms with Crippen LogP contribution in [0.3, 0.4) is 0 Å². The molecule has 9 heteroatoms. The van der Waals surface area contributed by atoms with Gasteiger partial charge in [-0.3, -0.25) is 4.79 Å². The predicted molar refractivity (Wildman–Crippen MR) is 112 cm³/mol. The van der Waals surface area contributed by atoms with Crippen LogP contribution in [0.25, 0.3) is 5.69 Å². The minimum Gasteiger partial charge on any atom is -0.325 e. The molecule has 2 heterocycles. The van der Waals surface area contributed by atoms with Gasteiger partial charge in [0.15, 0.2) is 0 Å². The van der Waals surface area contributed by atoms with E-state index in [1.807, 2.05) is 18.2 Å². The van der Waals surface area contributed by atoms with Crippen LogP contribution in [0.4, 0.5) is 5.82 Å². The number of rotatable bonds is 4. The zero-order valence-corrected chi connectivity index (χ0v) is 17.6. The molecule has 0 saturated carbocycles. The first-order chi connectivity index (χ1) is 12.3. The van der Waals surface area contributed by atoms with Gasteiger partial charge < -0.3 is 11.1 Å². The van der Waals surface area contributed by atoms with Gasteiger partial charge in [-0.1, -0.05) is 38.4 Å². The van der Waals surface area contributed by atoms with E-state index >= 15 is 0 Å². The van der Waals surface area contributed by atoms with Crippen LogP contribution >= 0.6 is 35.3 Å². The molecule has 0 aliphatic heterocycles. The summed E-state index contributed by atoms with van der Waals surface area (Å²) in [5.41, 5.74) is 7.36. The molecular formula is C18H21Cl2N5OS. The summed E-state index contributed by atoms with van der Waals surface area (Å²) in [5, 5.41) is 10.6. The number of halogens is 2. The van der Waals surface area contributed by atoms with Crippen molar-refractivity contribution in [2.45, 2.75) is 32.7 Å². The highest BCUT2D eigenvalue weighted by atomic mass is 35.5. The zero-order valence-electron chi connectivity index (χ0n) is 15.2. The van der Waals surface area contributed by atoms with Gasteiger partial charge >= 0.3 is 0 Å². The van der Waals surface area contributed by atoms with E-state index < -0.39 is 0 Å². The molecule has 6 nitrogen and oxygen atoms in total. The van der Waals surface area contributed by atoms with Crippen molar-refractivity contribution in [3.05, 3.63) is 57.1 Å². The Hall–Kier alpha value is -1.93. The maximum absolute atomic E-state index is 12.6. The van der Waals surface area contributed by atoms with Crippen LogP contribution in [-0.4, -0.2) is 20.7 Å². The molecule has 0 bridgehead atoms. The molecule has 144 valence electrons. The standard InChI is InChI=1S/C18H20ClN5OS.ClH/c1-18(2,3)14-8-15(22-17(25)13-10-26-16(9-20)21-13)24(23-14)12-6-4-5-11(19)7-12;/h4-8,10H,9,20H2,1-3H3,(H,22,25);1H. The quantitative estimate of drug-likeness (QED) is 0.647. The number of nitrogens with zero attached hydrogens (tertiary/aromatic N) is 3. The van der Waals surface area contributed by atoms with Crippen LogP contribution in [0.15, 0.2) is 35.7 Å². The topological polar surface area (TPSA) is 85.8 Å². The van der Waals surface area contributed by atoms with E-state index in [1.54, 1.807) is 22.2 Å². The summed E-state index contributed by atoms with van der Waals surface area (Å²) in [4.78, 5) is 16.8. The molecule has 0 radical (unpaired) electrons. The van der Waals surface area contributed by atoms with E-state index in [2.05, 4.69) is 36.2 Å². The number of hydrogen-bond donors (Lipinski definition) is 2. The van der Waals surface area contributed by atoms with E-state index in [1.165, 1.54) is 11.3 Å². The van der Waals surface area contributed by atoms with E-state index in [9.17, 15) is 4.79 Å². The smallest absolute Gasteiger partial charge is 0.276 e. The SMILES string of the molecule is CC(C)(C)c1cc(NC(=O)c2csc(CN)n2)n(-c2cccc(Cl)c2)n1.Cl. The first-order valence-electron chi connectivity index (χ1n) is 8.10. The van der Waals surface area contributed by atoms with Crippen molar-refractivity contribution < 1.29 is 4.79 Å². The molecule has 0 unspecified atom stereocenters. The van der Waals surface area contributed by atoms with Crippen LogP contribution in [0, 0.1) is 0 Å². The lowest BCUT2D eigenvalue weighted by atomic mass is 9.92. The molecule has 0 fully saturated rings. The van der Waals surface area contributed by atoms with Gasteiger partial charge in [0.2, 0.25) is 0 Å². The van der Waals surface area contributed by atoms with Crippen LogP contribution in [0.5, 0.6) is 0 Å². The molecule has 2 aromatic heterocycles. The van der Waals surface area contributed by atoms with Gasteiger partial charge in [-0.2, -0.15) is 5.10 Å². The number of anilines is 1. The number of carbonyl (C=O) groups excluding carboxylic acids is 1. The highest BCUT2D eigenvalue weighted by molar-refractivity contribution is 7.09. The van der Waals surface area contributed by atoms with Crippen molar-refractivity contribution in [2.75, 3.05) is 5.32 Å². The summed E-state index contributed by atoms with van der Waals surface area (Å²) in [6.07, 6.45) is 0. The second-order valence-electron chi connectivity index (χ2n) is 6.84. The van der Waals surface area contributed by atoms with Crippen molar-refractivity contribution in [1.82, 2.24) is 14.8 Å². The maximum atomic E-state index is 12.6. The molecule has 3 aromatic rings. The maximum Gasteiger partial charge on any atom is 0.276 e. The molecule has 0 aliphatic rings. The Balaban J connectivity index is 0.00000261. The molecule has 0 atom stereocenters. The molecule has 3 rings (SSSR count). The second kappa shape index (κ2) is 8.39. The summed E-state index contributed by atoms with van der Waals surface area (Å²) in [5.74, 6) is 0.258. The van der Waals surface area contributed by atoms with Gasteiger partial charge in [0.05, 0.1) is 11.4 Å². The van der Waals surface area contributed by atoms with Crippen LogP contribution in [-0.2, 0) is 12.0 Å². The van der Waals surface area contributed by atoms with Crippen molar-refractivity contribution in [2.24, 2.45) is 5.73 Å². The lowest BCUT2D eigenvalue weighted by molar-refractivity contribution is 0.102. The first kappa shape index (κ1) is 21.4. The van der Waals surface area contributed by atoms with Crippen molar-refractivity contribution in [3.8, 4) is 5.69 Å². The number of carbonyl (C=O) groups is 1. The number of nitrogens with one attached hydrogen (secondary N) is 1. The average Bonchev–Trinajstić information content (AvgIpc) is 3.21. The van der Waals surface area contributed by atoms with E-state index in [4.69, 9.17) is 17.3 Å². The normalized spacial score (nSPS) is 11.1. The molecule has 0 saturated heterocycles. The molecule has 0 spiro atoms. The highest BCUT2D eigenvalue weighted by Gasteiger charge is 2.22. The van der Waals surface area contributed by atoms with Crippen LogP contribution in [0.2, 0.25) is 5.02 Å². The Labute approximate surface area is 173 Å². The van der Waals surface area contributed by atoms with Gasteiger partial charge in [-0.15, -0.1) is 23.7 Å². The molecule has 0 aliphatic carbocycles. The third-order valence-electron chi connectivity index (χ3n) is 3.73. The Morgan fingerprint density at radius 2 is 2.07 bits per heavy atom. The van der Waals surface area contributed by atoms with Gasteiger partial charge in [0.1, 0.15) is 16.5 Å². The Bertz CT molecular complexity index is 945. The molecule has 1 amide bonds. The lowest BCUT2D eigenvalue weighted by Gasteiger charge is -2.14. The fourth-order valence-electron chi connectivity index (χ4n) is 2.33. The Morgan fingerprint density at radius 1 is 1.33 bits per heavy atom. The Morgan fingerprint density at radius 3 is 2.67 bits per heavy atom. The van der Waals surface area contributed by atoms with E-state index in [-0.39, 0.29) is 23.7 Å². The van der Waals surface area contributed by atoms with Crippen molar-refractivity contribution >= 4 is 47.1 Å². The van der Waals surface area contributed by atoms with Crippen molar-refractivity contribution in [3.63, 3.8) is 0 Å². The third-order valence-corrected chi connectivity index (χ3v) is 4.84. The largest absolute Gasteiger partial charge is 0.325 e. The molecule has 27 heavy (non-hydrogen) atoms. The molecule has 1 aromatic carbocycles. The van der Waals surface area contributed by atoms with Crippen LogP contribution < -0.4 is 11.1 Å². The fraction of sp³-hybridized carbons (Fsp3) is 0.278. The lowest BCUT2D eigenvalue weighted by Crippen LogP contribution is -2.16. The molecular weight excluding hydrogens is 405 g/mol. The zero-order chi connectivity index (χ0) is 18.9. The fourth-order valence-corrected chi connectivity index (χ4v) is 3.17. The minimum absolute atomic E-state index is 0. The summed E-state index contributed by atoms with van der Waals surface area (Å²) in [6.45, 7) is 6.51. The highest BCUT2D eigenvalue weighted by Crippen LogP contribution is 2.27. The second-order valence-corrected chi connectivity index (χ2v) is 8.22. The predicted octanol–water partition coefficient (Wildman–Crippen LogP) is 4.41. The summed E-state index contributed by atoms with van der Waals surface area (Å²) < 4.78 is 1.68. The van der Waals surface area contributed by atoms with Crippen molar-refractivity contribution in [1.29, 1.82) is 0 Å². The summed E-state index contributed by atoms with van der Waals surface area (Å²) in [6, 6.07) is 9.19. The van der Waals surface area contributed by atoms with E-state index in [0.29, 0.717) is 28.1 Å². The minimum atomic E-state index is -0.301. The third kappa shape index (κ3) is 4.87. The monoisotopic (exact) mass is 425 g/mol. The van der Waals surface area contributed by atoms with Gasteiger partial charge in [-0.05, 0) is 18.2 Å². The number of thiazole rings is 1. The van der Waals surface area contributed by atoms with E-state index in [0.717, 1.165) is 11.4 Å². The first-order valence-corrected chi connectivity index (χ1v) is 9.36. The number of amides is 1. The molecule has 3 N–H and O–H groups in total. The number of nitrogens with two attached hydrogens (primary N) is 1. The van der Waals surface area contributed by atoms with Crippen LogP contribution in [0.1, 0.15) is 42.0 Å². The average molecular weight is 426 g/mol. The number of aromatic nitrogens is 3. The van der Waals surface area contributed by atoms with Gasteiger partial charge in [0.25, 0.3) is 5.91 Å². The Kier molecular flexibility index (Phi) is 6.64. The van der Waals surface area contributed by atoms with Gasteiger partial charge in [0, 0.05) is 28.4 Å². The van der Waals surface area contributed by atoms with Gasteiger partial charge in [-0.25, -0.2) is 9.67 Å². The number of hydrogen-bond acceptors (Lipinski definition) is 5.